The normalized spacial score (nSPS) is 35.3. The lowest BCUT2D eigenvalue weighted by Gasteiger charge is -2.28. The number of aromatic carboxylic acids is 1. The van der Waals surface area contributed by atoms with Gasteiger partial charge >= 0.3 is 5.97 Å². The maximum atomic E-state index is 12.9. The molecule has 4 atom stereocenters. The smallest absolute Gasteiger partial charge is 0.335 e. The first-order valence-electron chi connectivity index (χ1n) is 7.34. The molecule has 1 saturated carbocycles. The molecule has 0 spiro atoms. The van der Waals surface area contributed by atoms with Crippen molar-refractivity contribution >= 4 is 23.5 Å². The maximum Gasteiger partial charge on any atom is 0.335 e. The average Bonchev–Trinajstić information content (AvgIpc) is 3.12. The van der Waals surface area contributed by atoms with Gasteiger partial charge in [-0.25, -0.2) is 9.69 Å². The van der Waals surface area contributed by atoms with Crippen LogP contribution >= 0.6 is 0 Å². The van der Waals surface area contributed by atoms with Gasteiger partial charge in [-0.3, -0.25) is 9.59 Å². The SMILES string of the molecule is C[C@@]12C(=O)N(c3cccc(C(=O)O)c3)C(=O)[C@H]1[C@@H]1C=C[C@H]2C1. The van der Waals surface area contributed by atoms with Crippen LogP contribution in [0.15, 0.2) is 36.4 Å². The van der Waals surface area contributed by atoms with Crippen LogP contribution in [0.2, 0.25) is 0 Å². The molecule has 1 N–H and O–H groups in total. The molecule has 1 saturated heterocycles. The van der Waals surface area contributed by atoms with E-state index in [1.807, 2.05) is 19.1 Å². The summed E-state index contributed by atoms with van der Waals surface area (Å²) >= 11 is 0. The van der Waals surface area contributed by atoms with Crippen molar-refractivity contribution in [2.45, 2.75) is 13.3 Å². The Balaban J connectivity index is 1.79. The molecule has 2 aliphatic carbocycles. The maximum absolute atomic E-state index is 12.9. The van der Waals surface area contributed by atoms with Gasteiger partial charge in [0.2, 0.25) is 11.8 Å². The second-order valence-electron chi connectivity index (χ2n) is 6.49. The van der Waals surface area contributed by atoms with Gasteiger partial charge in [-0.05, 0) is 43.4 Å². The minimum absolute atomic E-state index is 0.0707. The molecule has 0 aromatic heterocycles. The molecule has 112 valence electrons. The van der Waals surface area contributed by atoms with Gasteiger partial charge in [0.1, 0.15) is 0 Å². The number of fused-ring (bicyclic) bond motifs is 5. The minimum Gasteiger partial charge on any atom is -0.478 e. The first-order valence-corrected chi connectivity index (χ1v) is 7.34. The zero-order valence-electron chi connectivity index (χ0n) is 12.0. The Morgan fingerprint density at radius 2 is 2.09 bits per heavy atom. The van der Waals surface area contributed by atoms with Gasteiger partial charge in [-0.2, -0.15) is 0 Å². The highest BCUT2D eigenvalue weighted by Crippen LogP contribution is 2.60. The first kappa shape index (κ1) is 13.2. The molecule has 5 nitrogen and oxygen atoms in total. The third-order valence-electron chi connectivity index (χ3n) is 5.46. The summed E-state index contributed by atoms with van der Waals surface area (Å²) in [7, 11) is 0. The summed E-state index contributed by atoms with van der Waals surface area (Å²) in [6.45, 7) is 1.87. The molecule has 22 heavy (non-hydrogen) atoms. The number of hydrogen-bond donors (Lipinski definition) is 1. The molecule has 0 unspecified atom stereocenters. The lowest BCUT2D eigenvalue weighted by molar-refractivity contribution is -0.127. The van der Waals surface area contributed by atoms with E-state index >= 15 is 0 Å². The van der Waals surface area contributed by atoms with Gasteiger partial charge in [0.15, 0.2) is 0 Å². The van der Waals surface area contributed by atoms with Crippen LogP contribution in [0.3, 0.4) is 0 Å². The molecule has 1 aliphatic heterocycles. The van der Waals surface area contributed by atoms with Crippen LogP contribution < -0.4 is 4.90 Å². The largest absolute Gasteiger partial charge is 0.478 e. The van der Waals surface area contributed by atoms with Crippen molar-refractivity contribution in [3.8, 4) is 0 Å². The first-order chi connectivity index (χ1) is 10.4. The van der Waals surface area contributed by atoms with Crippen LogP contribution in [0.4, 0.5) is 5.69 Å². The number of carbonyl (C=O) groups excluding carboxylic acids is 2. The van der Waals surface area contributed by atoms with Crippen LogP contribution in [0.1, 0.15) is 23.7 Å². The predicted octanol–water partition coefficient (Wildman–Crippen LogP) is 2.09. The lowest BCUT2D eigenvalue weighted by Crippen LogP contribution is -2.37. The van der Waals surface area contributed by atoms with Gasteiger partial charge < -0.3 is 5.11 Å². The third kappa shape index (κ3) is 1.41. The van der Waals surface area contributed by atoms with Crippen molar-refractivity contribution in [2.75, 3.05) is 4.90 Å². The summed E-state index contributed by atoms with van der Waals surface area (Å²) in [5.74, 6) is -1.57. The van der Waals surface area contributed by atoms with Crippen LogP contribution in [-0.2, 0) is 9.59 Å². The fraction of sp³-hybridized carbons (Fsp3) is 0.353. The third-order valence-corrected chi connectivity index (χ3v) is 5.46. The number of imide groups is 1. The zero-order valence-corrected chi connectivity index (χ0v) is 12.0. The Morgan fingerprint density at radius 3 is 2.77 bits per heavy atom. The number of amides is 2. The highest BCUT2D eigenvalue weighted by Gasteiger charge is 2.67. The van der Waals surface area contributed by atoms with Crippen molar-refractivity contribution < 1.29 is 19.5 Å². The lowest BCUT2D eigenvalue weighted by atomic mass is 9.71. The number of nitrogens with zero attached hydrogens (tertiary/aromatic N) is 1. The van der Waals surface area contributed by atoms with Gasteiger partial charge in [0.05, 0.1) is 22.6 Å². The molecule has 2 bridgehead atoms. The quantitative estimate of drug-likeness (QED) is 0.670. The molecule has 4 rings (SSSR count). The number of benzene rings is 1. The highest BCUT2D eigenvalue weighted by molar-refractivity contribution is 6.24. The van der Waals surface area contributed by atoms with Gasteiger partial charge in [-0.15, -0.1) is 0 Å². The number of carbonyl (C=O) groups is 3. The molecule has 2 amide bonds. The fourth-order valence-corrected chi connectivity index (χ4v) is 4.33. The molecule has 5 heteroatoms. The molecule has 1 aromatic rings. The van der Waals surface area contributed by atoms with Crippen LogP contribution in [0.25, 0.3) is 0 Å². The zero-order chi connectivity index (χ0) is 15.6. The molecule has 2 fully saturated rings. The van der Waals surface area contributed by atoms with Crippen molar-refractivity contribution in [1.29, 1.82) is 0 Å². The topological polar surface area (TPSA) is 74.7 Å². The van der Waals surface area contributed by atoms with E-state index in [9.17, 15) is 14.4 Å². The molecular weight excluding hydrogens is 282 g/mol. The molecule has 3 aliphatic rings. The second-order valence-corrected chi connectivity index (χ2v) is 6.49. The molecule has 0 radical (unpaired) electrons. The number of hydrogen-bond acceptors (Lipinski definition) is 3. The van der Waals surface area contributed by atoms with Crippen LogP contribution in [0.5, 0.6) is 0 Å². The van der Waals surface area contributed by atoms with E-state index in [0.29, 0.717) is 5.69 Å². The Kier molecular flexibility index (Phi) is 2.45. The van der Waals surface area contributed by atoms with Crippen molar-refractivity contribution in [3.63, 3.8) is 0 Å². The van der Waals surface area contributed by atoms with E-state index in [2.05, 4.69) is 0 Å². The number of allylic oxidation sites excluding steroid dienone is 2. The molecule has 1 heterocycles. The summed E-state index contributed by atoms with van der Waals surface area (Å²) in [6.07, 6.45) is 4.95. The van der Waals surface area contributed by atoms with E-state index < -0.39 is 11.4 Å². The number of rotatable bonds is 2. The fourth-order valence-electron chi connectivity index (χ4n) is 4.33. The van der Waals surface area contributed by atoms with Crippen LogP contribution in [0, 0.1) is 23.2 Å². The minimum atomic E-state index is -1.07. The Hall–Kier alpha value is -2.43. The average molecular weight is 297 g/mol. The van der Waals surface area contributed by atoms with Gasteiger partial charge in [0.25, 0.3) is 0 Å². The van der Waals surface area contributed by atoms with E-state index in [1.165, 1.54) is 17.0 Å². The molecular formula is C17H15NO4. The van der Waals surface area contributed by atoms with Gasteiger partial charge in [-0.1, -0.05) is 18.2 Å². The number of carboxylic acids is 1. The summed E-state index contributed by atoms with van der Waals surface area (Å²) in [5.41, 5.74) is -0.262. The standard InChI is InChI=1S/C17H15NO4/c1-17-11-6-5-9(7-11)13(17)14(19)18(16(17)22)12-4-2-3-10(8-12)15(20)21/h2-6,8-9,11,13H,7H2,1H3,(H,20,21)/t9-,11+,13-,17+/m1/s1. The monoisotopic (exact) mass is 297 g/mol. The summed E-state index contributed by atoms with van der Waals surface area (Å²) in [5, 5.41) is 9.09. The summed E-state index contributed by atoms with van der Waals surface area (Å²) in [4.78, 5) is 38.0. The number of carboxylic acid groups (broad SMARTS) is 1. The van der Waals surface area contributed by atoms with E-state index in [-0.39, 0.29) is 35.1 Å². The van der Waals surface area contributed by atoms with Crippen molar-refractivity contribution in [3.05, 3.63) is 42.0 Å². The Morgan fingerprint density at radius 1 is 1.32 bits per heavy atom. The second kappa shape index (κ2) is 4.06. The van der Waals surface area contributed by atoms with E-state index in [0.717, 1.165) is 6.42 Å². The Labute approximate surface area is 127 Å². The van der Waals surface area contributed by atoms with Gasteiger partial charge in [0, 0.05) is 0 Å². The number of anilines is 1. The summed E-state index contributed by atoms with van der Waals surface area (Å²) < 4.78 is 0. The van der Waals surface area contributed by atoms with E-state index in [1.54, 1.807) is 12.1 Å². The summed E-state index contributed by atoms with van der Waals surface area (Å²) in [6, 6.07) is 6.01. The van der Waals surface area contributed by atoms with E-state index in [4.69, 9.17) is 5.11 Å². The van der Waals surface area contributed by atoms with Crippen molar-refractivity contribution in [1.82, 2.24) is 0 Å². The highest BCUT2D eigenvalue weighted by atomic mass is 16.4. The Bertz CT molecular complexity index is 753. The van der Waals surface area contributed by atoms with Crippen LogP contribution in [-0.4, -0.2) is 22.9 Å². The van der Waals surface area contributed by atoms with Crippen molar-refractivity contribution in [2.24, 2.45) is 23.2 Å². The molecule has 1 aromatic carbocycles. The predicted molar refractivity (Wildman–Crippen MR) is 78.2 cm³/mol.